The number of carbonyl (C=O) groups is 2. The van der Waals surface area contributed by atoms with Crippen molar-refractivity contribution in [1.29, 1.82) is 0 Å². The van der Waals surface area contributed by atoms with E-state index in [4.69, 9.17) is 4.42 Å². The standard InChI is InChI=1S/C17H22N4O3S2/c1-3-6-18-16(23)19-14(22)9-25-17-21-20-15(24-17)13-8-11-7-10(2)4-5-12(11)26-13/h8,10H,3-7,9H2,1-2H3,(H2,18,19,22,23). The van der Waals surface area contributed by atoms with E-state index in [9.17, 15) is 9.59 Å². The zero-order valence-corrected chi connectivity index (χ0v) is 16.5. The minimum absolute atomic E-state index is 0.0413. The van der Waals surface area contributed by atoms with Crippen LogP contribution in [0.4, 0.5) is 4.79 Å². The summed E-state index contributed by atoms with van der Waals surface area (Å²) in [6.07, 6.45) is 4.24. The van der Waals surface area contributed by atoms with Crippen LogP contribution in [-0.2, 0) is 17.6 Å². The topological polar surface area (TPSA) is 97.1 Å². The van der Waals surface area contributed by atoms with E-state index < -0.39 is 11.9 Å². The maximum Gasteiger partial charge on any atom is 0.321 e. The van der Waals surface area contributed by atoms with Gasteiger partial charge in [-0.1, -0.05) is 25.6 Å². The lowest BCUT2D eigenvalue weighted by molar-refractivity contribution is -0.117. The highest BCUT2D eigenvalue weighted by molar-refractivity contribution is 7.99. The van der Waals surface area contributed by atoms with Crippen LogP contribution in [0.1, 0.15) is 37.1 Å². The molecule has 1 atom stereocenters. The van der Waals surface area contributed by atoms with Gasteiger partial charge in [0.25, 0.3) is 11.1 Å². The molecule has 1 unspecified atom stereocenters. The van der Waals surface area contributed by atoms with Gasteiger partial charge in [-0.05, 0) is 43.2 Å². The molecule has 140 valence electrons. The van der Waals surface area contributed by atoms with Crippen molar-refractivity contribution in [3.05, 3.63) is 16.5 Å². The summed E-state index contributed by atoms with van der Waals surface area (Å²) in [4.78, 5) is 25.6. The minimum atomic E-state index is -0.484. The smallest absolute Gasteiger partial charge is 0.321 e. The quantitative estimate of drug-likeness (QED) is 0.730. The van der Waals surface area contributed by atoms with Crippen molar-refractivity contribution in [3.8, 4) is 10.8 Å². The Morgan fingerprint density at radius 3 is 3.08 bits per heavy atom. The minimum Gasteiger partial charge on any atom is -0.410 e. The monoisotopic (exact) mass is 394 g/mol. The van der Waals surface area contributed by atoms with Crippen LogP contribution in [0.2, 0.25) is 0 Å². The van der Waals surface area contributed by atoms with Crippen LogP contribution in [-0.4, -0.2) is 34.4 Å². The Morgan fingerprint density at radius 1 is 1.42 bits per heavy atom. The fourth-order valence-electron chi connectivity index (χ4n) is 2.75. The first kappa shape index (κ1) is 18.9. The summed E-state index contributed by atoms with van der Waals surface area (Å²) in [6, 6.07) is 1.66. The number of nitrogens with one attached hydrogen (secondary N) is 2. The number of imide groups is 1. The molecule has 0 saturated carbocycles. The number of thioether (sulfide) groups is 1. The maximum atomic E-state index is 11.7. The van der Waals surface area contributed by atoms with Crippen LogP contribution in [0.5, 0.6) is 0 Å². The zero-order chi connectivity index (χ0) is 18.5. The Morgan fingerprint density at radius 2 is 2.27 bits per heavy atom. The number of urea groups is 1. The molecule has 0 aliphatic heterocycles. The van der Waals surface area contributed by atoms with Gasteiger partial charge in [-0.3, -0.25) is 10.1 Å². The molecule has 0 fully saturated rings. The highest BCUT2D eigenvalue weighted by Gasteiger charge is 2.21. The number of aryl methyl sites for hydroxylation is 1. The van der Waals surface area contributed by atoms with Gasteiger partial charge in [-0.15, -0.1) is 21.5 Å². The van der Waals surface area contributed by atoms with Gasteiger partial charge in [0.1, 0.15) is 0 Å². The summed E-state index contributed by atoms with van der Waals surface area (Å²) in [7, 11) is 0. The summed E-state index contributed by atoms with van der Waals surface area (Å²) in [5.74, 6) is 0.843. The Labute approximate surface area is 160 Å². The van der Waals surface area contributed by atoms with Crippen molar-refractivity contribution < 1.29 is 14.0 Å². The van der Waals surface area contributed by atoms with E-state index in [1.54, 1.807) is 11.3 Å². The summed E-state index contributed by atoms with van der Waals surface area (Å²) in [5, 5.41) is 13.2. The molecule has 3 rings (SSSR count). The Kier molecular flexibility index (Phi) is 6.31. The van der Waals surface area contributed by atoms with E-state index in [2.05, 4.69) is 33.8 Å². The second-order valence-corrected chi connectivity index (χ2v) is 8.44. The van der Waals surface area contributed by atoms with Crippen LogP contribution in [0.25, 0.3) is 10.8 Å². The zero-order valence-electron chi connectivity index (χ0n) is 14.8. The molecule has 2 aromatic rings. The van der Waals surface area contributed by atoms with E-state index >= 15 is 0 Å². The van der Waals surface area contributed by atoms with Crippen molar-refractivity contribution in [1.82, 2.24) is 20.8 Å². The lowest BCUT2D eigenvalue weighted by Gasteiger charge is -2.16. The molecule has 9 heteroatoms. The molecule has 1 aliphatic rings. The Bertz CT molecular complexity index is 787. The number of aromatic nitrogens is 2. The molecule has 0 spiro atoms. The molecular formula is C17H22N4O3S2. The maximum absolute atomic E-state index is 11.7. The van der Waals surface area contributed by atoms with Crippen LogP contribution >= 0.6 is 23.1 Å². The normalized spacial score (nSPS) is 16.2. The molecule has 0 aromatic carbocycles. The second kappa shape index (κ2) is 8.68. The van der Waals surface area contributed by atoms with Crippen LogP contribution < -0.4 is 10.6 Å². The summed E-state index contributed by atoms with van der Waals surface area (Å²) >= 11 is 2.82. The first-order valence-electron chi connectivity index (χ1n) is 8.71. The van der Waals surface area contributed by atoms with Crippen LogP contribution in [0.15, 0.2) is 15.7 Å². The summed E-state index contributed by atoms with van der Waals surface area (Å²) in [6.45, 7) is 4.74. The predicted octanol–water partition coefficient (Wildman–Crippen LogP) is 3.25. The average molecular weight is 395 g/mol. The van der Waals surface area contributed by atoms with Crippen LogP contribution in [0.3, 0.4) is 0 Å². The number of fused-ring (bicyclic) bond motifs is 1. The number of hydrogen-bond acceptors (Lipinski definition) is 7. The third-order valence-corrected chi connectivity index (χ3v) is 6.11. The van der Waals surface area contributed by atoms with Gasteiger partial charge in [0.15, 0.2) is 0 Å². The molecule has 0 bridgehead atoms. The second-order valence-electron chi connectivity index (χ2n) is 6.37. The van der Waals surface area contributed by atoms with Gasteiger partial charge in [0.2, 0.25) is 5.91 Å². The van der Waals surface area contributed by atoms with Crippen molar-refractivity contribution in [2.24, 2.45) is 5.92 Å². The van der Waals surface area contributed by atoms with Gasteiger partial charge in [-0.2, -0.15) is 0 Å². The molecule has 7 nitrogen and oxygen atoms in total. The predicted molar refractivity (Wildman–Crippen MR) is 101 cm³/mol. The van der Waals surface area contributed by atoms with Crippen LogP contribution in [0, 0.1) is 5.92 Å². The lowest BCUT2D eigenvalue weighted by atomic mass is 9.90. The SMILES string of the molecule is CCCNC(=O)NC(=O)CSc1nnc(-c2cc3c(s2)CCC(C)C3)o1. The van der Waals surface area contributed by atoms with Gasteiger partial charge in [-0.25, -0.2) is 4.79 Å². The van der Waals surface area contributed by atoms with Gasteiger partial charge >= 0.3 is 6.03 Å². The summed E-state index contributed by atoms with van der Waals surface area (Å²) in [5.41, 5.74) is 1.38. The first-order chi connectivity index (χ1) is 12.5. The van der Waals surface area contributed by atoms with Gasteiger partial charge < -0.3 is 9.73 Å². The molecule has 2 heterocycles. The number of rotatable bonds is 6. The van der Waals surface area contributed by atoms with Gasteiger partial charge in [0.05, 0.1) is 10.6 Å². The Balaban J connectivity index is 1.54. The van der Waals surface area contributed by atoms with E-state index in [0.717, 1.165) is 35.9 Å². The Hall–Kier alpha value is -1.87. The highest BCUT2D eigenvalue weighted by Crippen LogP contribution is 2.37. The third-order valence-electron chi connectivity index (χ3n) is 4.06. The number of thiophene rings is 1. The average Bonchev–Trinajstić information content (AvgIpc) is 3.24. The summed E-state index contributed by atoms with van der Waals surface area (Å²) < 4.78 is 5.67. The van der Waals surface area contributed by atoms with Crippen molar-refractivity contribution in [2.45, 2.75) is 44.8 Å². The lowest BCUT2D eigenvalue weighted by Crippen LogP contribution is -2.40. The van der Waals surface area contributed by atoms with Crippen molar-refractivity contribution >= 4 is 35.0 Å². The molecule has 26 heavy (non-hydrogen) atoms. The highest BCUT2D eigenvalue weighted by atomic mass is 32.2. The number of amides is 3. The van der Waals surface area contributed by atoms with E-state index in [1.165, 1.54) is 16.9 Å². The largest absolute Gasteiger partial charge is 0.410 e. The van der Waals surface area contributed by atoms with E-state index in [0.29, 0.717) is 23.6 Å². The molecule has 2 N–H and O–H groups in total. The first-order valence-corrected chi connectivity index (χ1v) is 10.5. The number of hydrogen-bond donors (Lipinski definition) is 2. The number of carbonyl (C=O) groups excluding carboxylic acids is 2. The van der Waals surface area contributed by atoms with Crippen molar-refractivity contribution in [2.75, 3.05) is 12.3 Å². The van der Waals surface area contributed by atoms with Crippen molar-refractivity contribution in [3.63, 3.8) is 0 Å². The van der Waals surface area contributed by atoms with E-state index in [-0.39, 0.29) is 5.75 Å². The third kappa shape index (κ3) is 4.85. The number of nitrogens with zero attached hydrogens (tertiary/aromatic N) is 2. The molecule has 3 amide bonds. The van der Waals surface area contributed by atoms with E-state index in [1.807, 2.05) is 6.92 Å². The molecule has 2 aromatic heterocycles. The molecule has 0 radical (unpaired) electrons. The fraction of sp³-hybridized carbons (Fsp3) is 0.529. The molecule has 1 aliphatic carbocycles. The fourth-order valence-corrected chi connectivity index (χ4v) is 4.44. The molecular weight excluding hydrogens is 372 g/mol. The van der Waals surface area contributed by atoms with Gasteiger partial charge in [0, 0.05) is 11.4 Å². The molecule has 0 saturated heterocycles.